The topological polar surface area (TPSA) is 13.1 Å². The smallest absolute Gasteiger partial charge is 0.490 e. The van der Waals surface area contributed by atoms with Gasteiger partial charge in [-0.05, 0) is 12.1 Å². The predicted octanol–water partition coefficient (Wildman–Crippen LogP) is -0.370. The molecular weight excluding hydrogens is 238 g/mol. The summed E-state index contributed by atoms with van der Waals surface area (Å²) in [5.41, 5.74) is -1.47. The van der Waals surface area contributed by atoms with E-state index in [4.69, 9.17) is 0 Å². The van der Waals surface area contributed by atoms with E-state index in [1.54, 1.807) is 0 Å². The van der Waals surface area contributed by atoms with Crippen molar-refractivity contribution in [2.24, 2.45) is 0 Å². The molecule has 1 nitrogen and oxygen atoms in total. The summed E-state index contributed by atoms with van der Waals surface area (Å²) >= 11 is 0. The number of benzene rings is 1. The fourth-order valence-electron chi connectivity index (χ4n) is 1.21. The first-order chi connectivity index (χ1) is 6.48. The Morgan fingerprint density at radius 3 is 2.33 bits per heavy atom. The minimum Gasteiger partial charge on any atom is -0.490 e. The van der Waals surface area contributed by atoms with Crippen molar-refractivity contribution < 1.29 is 73.1 Å². The summed E-state index contributed by atoms with van der Waals surface area (Å²) < 4.78 is 53.9. The van der Waals surface area contributed by atoms with Crippen LogP contribution in [-0.2, 0) is 0 Å². The maximum absolute atomic E-state index is 12.9. The molecule has 1 heterocycles. The number of furan rings is 1. The van der Waals surface area contributed by atoms with Crippen LogP contribution in [0.3, 0.4) is 0 Å². The molecule has 0 fully saturated rings. The van der Waals surface area contributed by atoms with Gasteiger partial charge in [0, 0.05) is 11.0 Å². The van der Waals surface area contributed by atoms with Gasteiger partial charge in [-0.25, -0.2) is 4.39 Å². The Bertz CT molecular complexity index is 479. The number of hydrogen-bond acceptors (Lipinski definition) is 1. The summed E-state index contributed by atoms with van der Waals surface area (Å²) in [4.78, 5) is 0. The Balaban J connectivity index is 0.00000112. The van der Waals surface area contributed by atoms with Crippen LogP contribution in [0.2, 0.25) is 0 Å². The number of fused-ring (bicyclic) bond motifs is 1. The van der Waals surface area contributed by atoms with Gasteiger partial charge >= 0.3 is 58.4 Å². The number of halogens is 4. The molecule has 7 heteroatoms. The molecule has 0 unspecified atom stereocenters. The first-order valence-electron chi connectivity index (χ1n) is 3.86. The average molecular weight is 242 g/mol. The van der Waals surface area contributed by atoms with Crippen molar-refractivity contribution in [2.45, 2.75) is 0 Å². The quantitative estimate of drug-likeness (QED) is 0.491. The normalized spacial score (nSPS) is 11.5. The zero-order valence-electron chi connectivity index (χ0n) is 7.81. The molecule has 0 aliphatic carbocycles. The van der Waals surface area contributed by atoms with Crippen molar-refractivity contribution in [2.75, 3.05) is 0 Å². The van der Waals surface area contributed by atoms with Crippen molar-refractivity contribution in [1.29, 1.82) is 0 Å². The van der Waals surface area contributed by atoms with E-state index in [0.29, 0.717) is 0 Å². The van der Waals surface area contributed by atoms with Gasteiger partial charge in [0.15, 0.2) is 11.4 Å². The number of hydrogen-bond donors (Lipinski definition) is 0. The van der Waals surface area contributed by atoms with Crippen molar-refractivity contribution in [1.82, 2.24) is 0 Å². The standard InChI is InChI=1S/C8H4BF4O.K/c10-6-3-1-2-5-4-7(9(11,12)13)14-8(5)6;/h1-4H;/q-1;+1. The van der Waals surface area contributed by atoms with Crippen molar-refractivity contribution in [3.8, 4) is 0 Å². The monoisotopic (exact) mass is 242 g/mol. The molecule has 1 aromatic carbocycles. The molecule has 15 heavy (non-hydrogen) atoms. The molecule has 0 bridgehead atoms. The minimum absolute atomic E-state index is 0. The molecule has 74 valence electrons. The van der Waals surface area contributed by atoms with Crippen LogP contribution >= 0.6 is 0 Å². The van der Waals surface area contributed by atoms with Crippen LogP contribution in [0.15, 0.2) is 28.7 Å². The van der Waals surface area contributed by atoms with E-state index >= 15 is 0 Å². The van der Waals surface area contributed by atoms with Crippen LogP contribution in [0.25, 0.3) is 11.0 Å². The molecule has 2 rings (SSSR count). The first-order valence-corrected chi connectivity index (χ1v) is 3.86. The van der Waals surface area contributed by atoms with Crippen LogP contribution in [0.4, 0.5) is 17.3 Å². The molecule has 0 saturated carbocycles. The molecule has 0 spiro atoms. The minimum atomic E-state index is -5.21. The van der Waals surface area contributed by atoms with Crippen LogP contribution < -0.4 is 57.0 Å². The van der Waals surface area contributed by atoms with Crippen LogP contribution in [0, 0.1) is 5.82 Å². The molecule has 0 radical (unpaired) electrons. The molecule has 0 aliphatic rings. The third kappa shape index (κ3) is 2.65. The van der Waals surface area contributed by atoms with E-state index in [0.717, 1.165) is 12.1 Å². The van der Waals surface area contributed by atoms with Gasteiger partial charge in [0.2, 0.25) is 0 Å². The molecule has 0 amide bonds. The van der Waals surface area contributed by atoms with Gasteiger partial charge in [-0.2, -0.15) is 0 Å². The van der Waals surface area contributed by atoms with Crippen LogP contribution in [-0.4, -0.2) is 6.98 Å². The maximum atomic E-state index is 12.9. The molecule has 0 atom stereocenters. The Hall–Kier alpha value is 0.181. The second-order valence-electron chi connectivity index (χ2n) is 2.88. The zero-order chi connectivity index (χ0) is 10.3. The number of para-hydroxylation sites is 1. The van der Waals surface area contributed by atoms with Crippen LogP contribution in [0.5, 0.6) is 0 Å². The fraction of sp³-hybridized carbons (Fsp3) is 0. The third-order valence-electron chi connectivity index (χ3n) is 1.84. The largest absolute Gasteiger partial charge is 1.00 e. The molecule has 2 aromatic rings. The molecule has 1 aromatic heterocycles. The summed E-state index contributed by atoms with van der Waals surface area (Å²) in [6.07, 6.45) is 0. The molecular formula is C8H4BF4KO. The SMILES string of the molecule is Fc1cccc2cc([B-](F)(F)F)oc12.[K+]. The average Bonchev–Trinajstić information content (AvgIpc) is 2.48. The van der Waals surface area contributed by atoms with Crippen molar-refractivity contribution >= 4 is 23.6 Å². The van der Waals surface area contributed by atoms with E-state index < -0.39 is 18.5 Å². The summed E-state index contributed by atoms with van der Waals surface area (Å²) in [6.45, 7) is -5.21. The van der Waals surface area contributed by atoms with Gasteiger partial charge in [0.05, 0.1) is 0 Å². The van der Waals surface area contributed by atoms with Gasteiger partial charge in [-0.15, -0.1) is 0 Å². The number of rotatable bonds is 1. The first kappa shape index (κ1) is 13.2. The van der Waals surface area contributed by atoms with E-state index in [1.807, 2.05) is 0 Å². The predicted molar refractivity (Wildman–Crippen MR) is 44.9 cm³/mol. The molecule has 0 N–H and O–H groups in total. The summed E-state index contributed by atoms with van der Waals surface area (Å²) in [5, 5.41) is 0.124. The van der Waals surface area contributed by atoms with Gasteiger partial charge in [-0.3, -0.25) is 0 Å². The Labute approximate surface area is 125 Å². The summed E-state index contributed by atoms with van der Waals surface area (Å²) in [5.74, 6) is -0.784. The summed E-state index contributed by atoms with van der Waals surface area (Å²) in [7, 11) is 0. The summed E-state index contributed by atoms with van der Waals surface area (Å²) in [6, 6.07) is 4.56. The molecule has 0 aliphatic heterocycles. The maximum Gasteiger partial charge on any atom is 1.00 e. The van der Waals surface area contributed by atoms with E-state index in [9.17, 15) is 17.3 Å². The second-order valence-corrected chi connectivity index (χ2v) is 2.88. The van der Waals surface area contributed by atoms with Crippen molar-refractivity contribution in [3.63, 3.8) is 0 Å². The van der Waals surface area contributed by atoms with Crippen LogP contribution in [0.1, 0.15) is 0 Å². The van der Waals surface area contributed by atoms with Gasteiger partial charge in [0.25, 0.3) is 0 Å². The van der Waals surface area contributed by atoms with E-state index in [1.165, 1.54) is 12.1 Å². The Kier molecular flexibility index (Phi) is 4.05. The Morgan fingerprint density at radius 2 is 1.80 bits per heavy atom. The second kappa shape index (κ2) is 4.59. The van der Waals surface area contributed by atoms with E-state index in [2.05, 4.69) is 4.42 Å². The van der Waals surface area contributed by atoms with E-state index in [-0.39, 0.29) is 62.4 Å². The van der Waals surface area contributed by atoms with Gasteiger partial charge < -0.3 is 17.4 Å². The Morgan fingerprint density at radius 1 is 1.13 bits per heavy atom. The third-order valence-corrected chi connectivity index (χ3v) is 1.84. The molecule has 0 saturated heterocycles. The fourth-order valence-corrected chi connectivity index (χ4v) is 1.21. The zero-order valence-corrected chi connectivity index (χ0v) is 10.9. The van der Waals surface area contributed by atoms with Gasteiger partial charge in [0.1, 0.15) is 0 Å². The van der Waals surface area contributed by atoms with Gasteiger partial charge in [-0.1, -0.05) is 12.1 Å². The van der Waals surface area contributed by atoms with Crippen molar-refractivity contribution in [3.05, 3.63) is 30.1 Å².